The Morgan fingerprint density at radius 1 is 1.07 bits per heavy atom. The van der Waals surface area contributed by atoms with E-state index in [1.807, 2.05) is 42.6 Å². The highest BCUT2D eigenvalue weighted by Gasteiger charge is 2.36. The Kier molecular flexibility index (Phi) is 4.60. The van der Waals surface area contributed by atoms with E-state index in [0.29, 0.717) is 12.2 Å². The Morgan fingerprint density at radius 2 is 1.89 bits per heavy atom. The van der Waals surface area contributed by atoms with Crippen LogP contribution in [0.3, 0.4) is 0 Å². The Morgan fingerprint density at radius 3 is 2.57 bits per heavy atom. The largest absolute Gasteiger partial charge is 0.497 e. The van der Waals surface area contributed by atoms with Crippen LogP contribution < -0.4 is 14.4 Å². The predicted molar refractivity (Wildman–Crippen MR) is 110 cm³/mol. The third-order valence-corrected chi connectivity index (χ3v) is 5.48. The molecule has 2 aromatic carbocycles. The van der Waals surface area contributed by atoms with Gasteiger partial charge >= 0.3 is 0 Å². The average molecular weight is 394 g/mol. The van der Waals surface area contributed by atoms with Gasteiger partial charge in [0, 0.05) is 23.2 Å². The lowest BCUT2D eigenvalue weighted by atomic mass is 10.1. The molecule has 0 unspecified atom stereocenters. The van der Waals surface area contributed by atoms with E-state index in [1.54, 1.807) is 20.3 Å². The topological polar surface area (TPSA) is 60.8 Å². The number of imide groups is 1. The van der Waals surface area contributed by atoms with Gasteiger partial charge in [-0.1, -0.05) is 12.6 Å². The van der Waals surface area contributed by atoms with E-state index in [1.165, 1.54) is 4.90 Å². The molecule has 6 nitrogen and oxygen atoms in total. The summed E-state index contributed by atoms with van der Waals surface area (Å²) < 4.78 is 12.8. The van der Waals surface area contributed by atoms with Crippen molar-refractivity contribution in [3.05, 3.63) is 65.7 Å². The molecule has 0 atom stereocenters. The highest BCUT2D eigenvalue weighted by molar-refractivity contribution is 8.18. The lowest BCUT2D eigenvalue weighted by molar-refractivity contribution is -0.113. The standard InChI is InChI=1S/C21H18N2O4S/c1-13-20(24)23(21(25)28-13)18-6-4-5-17-16(18)9-10-22(17)12-14-7-8-15(26-2)11-19(14)27-3/h4-11H,1,12H2,2-3H3. The van der Waals surface area contributed by atoms with Crippen LogP contribution in [0, 0.1) is 0 Å². The molecule has 1 aromatic heterocycles. The molecule has 0 bridgehead atoms. The number of carbonyl (C=O) groups is 2. The summed E-state index contributed by atoms with van der Waals surface area (Å²) in [7, 11) is 3.24. The van der Waals surface area contributed by atoms with Crippen LogP contribution in [0.1, 0.15) is 5.56 Å². The van der Waals surface area contributed by atoms with Crippen molar-refractivity contribution in [3.63, 3.8) is 0 Å². The molecule has 142 valence electrons. The van der Waals surface area contributed by atoms with Crippen LogP contribution in [0.4, 0.5) is 10.5 Å². The quantitative estimate of drug-likeness (QED) is 0.600. The number of nitrogens with zero attached hydrogens (tertiary/aromatic N) is 2. The van der Waals surface area contributed by atoms with Crippen LogP contribution in [0.5, 0.6) is 11.5 Å². The van der Waals surface area contributed by atoms with E-state index in [0.717, 1.165) is 39.7 Å². The number of hydrogen-bond acceptors (Lipinski definition) is 5. The minimum atomic E-state index is -0.368. The van der Waals surface area contributed by atoms with Gasteiger partial charge in [-0.05, 0) is 42.1 Å². The summed E-state index contributed by atoms with van der Waals surface area (Å²) in [6, 6.07) is 13.2. The maximum atomic E-state index is 12.4. The Labute approximate surface area is 166 Å². The number of aromatic nitrogens is 1. The molecule has 0 aliphatic carbocycles. The van der Waals surface area contributed by atoms with Gasteiger partial charge in [-0.3, -0.25) is 9.59 Å². The van der Waals surface area contributed by atoms with Crippen LogP contribution in [0.2, 0.25) is 0 Å². The molecule has 4 rings (SSSR count). The fourth-order valence-corrected chi connectivity index (χ4v) is 3.98. The number of amides is 2. The van der Waals surface area contributed by atoms with Gasteiger partial charge in [-0.25, -0.2) is 4.90 Å². The van der Waals surface area contributed by atoms with Crippen molar-refractivity contribution in [2.75, 3.05) is 19.1 Å². The van der Waals surface area contributed by atoms with E-state index in [9.17, 15) is 9.59 Å². The maximum Gasteiger partial charge on any atom is 0.298 e. The summed E-state index contributed by atoms with van der Waals surface area (Å²) in [6.45, 7) is 4.23. The molecular formula is C21H18N2O4S. The van der Waals surface area contributed by atoms with Gasteiger partial charge in [-0.15, -0.1) is 0 Å². The summed E-state index contributed by atoms with van der Waals surface area (Å²) >= 11 is 0.866. The van der Waals surface area contributed by atoms with Crippen molar-refractivity contribution in [1.29, 1.82) is 0 Å². The molecule has 0 spiro atoms. The fourth-order valence-electron chi connectivity index (χ4n) is 3.32. The van der Waals surface area contributed by atoms with Crippen LogP contribution >= 0.6 is 11.8 Å². The molecule has 1 saturated heterocycles. The number of fused-ring (bicyclic) bond motifs is 1. The van der Waals surface area contributed by atoms with Gasteiger partial charge in [-0.2, -0.15) is 0 Å². The van der Waals surface area contributed by atoms with E-state index in [2.05, 4.69) is 11.1 Å². The van der Waals surface area contributed by atoms with E-state index in [4.69, 9.17) is 9.47 Å². The molecule has 28 heavy (non-hydrogen) atoms. The highest BCUT2D eigenvalue weighted by Crippen LogP contribution is 2.37. The molecule has 0 N–H and O–H groups in total. The van der Waals surface area contributed by atoms with Crippen LogP contribution in [-0.2, 0) is 11.3 Å². The van der Waals surface area contributed by atoms with Gasteiger partial charge in [0.1, 0.15) is 11.5 Å². The van der Waals surface area contributed by atoms with Gasteiger partial charge < -0.3 is 14.0 Å². The highest BCUT2D eigenvalue weighted by atomic mass is 32.2. The SMILES string of the molecule is C=C1SC(=O)N(c2cccc3c2ccn3Cc2ccc(OC)cc2OC)C1=O. The zero-order chi connectivity index (χ0) is 19.8. The van der Waals surface area contributed by atoms with Crippen molar-refractivity contribution < 1.29 is 19.1 Å². The van der Waals surface area contributed by atoms with Gasteiger partial charge in [0.2, 0.25) is 0 Å². The zero-order valence-corrected chi connectivity index (χ0v) is 16.3. The lowest BCUT2D eigenvalue weighted by Crippen LogP contribution is -2.27. The molecule has 1 aliphatic rings. The number of methoxy groups -OCH3 is 2. The number of thioether (sulfide) groups is 1. The van der Waals surface area contributed by atoms with Crippen molar-refractivity contribution in [3.8, 4) is 11.5 Å². The Bertz CT molecular complexity index is 1120. The number of rotatable bonds is 5. The number of carbonyl (C=O) groups excluding carboxylic acids is 2. The van der Waals surface area contributed by atoms with Gasteiger partial charge in [0.05, 0.1) is 36.9 Å². The first-order chi connectivity index (χ1) is 13.5. The van der Waals surface area contributed by atoms with E-state index < -0.39 is 0 Å². The molecule has 3 aromatic rings. The predicted octanol–water partition coefficient (Wildman–Crippen LogP) is 4.42. The number of hydrogen-bond donors (Lipinski definition) is 0. The van der Waals surface area contributed by atoms with Gasteiger partial charge in [0.25, 0.3) is 11.1 Å². The summed E-state index contributed by atoms with van der Waals surface area (Å²) in [5.74, 6) is 1.09. The van der Waals surface area contributed by atoms with Crippen molar-refractivity contribution in [1.82, 2.24) is 4.57 Å². The summed E-state index contributed by atoms with van der Waals surface area (Å²) in [6.07, 6.45) is 1.94. The summed E-state index contributed by atoms with van der Waals surface area (Å²) in [5.41, 5.74) is 2.47. The zero-order valence-electron chi connectivity index (χ0n) is 15.5. The summed E-state index contributed by atoms with van der Waals surface area (Å²) in [5, 5.41) is 0.499. The number of ether oxygens (including phenoxy) is 2. The number of benzene rings is 2. The van der Waals surface area contributed by atoms with Crippen LogP contribution in [0.15, 0.2) is 60.1 Å². The van der Waals surface area contributed by atoms with E-state index >= 15 is 0 Å². The number of anilines is 1. The molecular weight excluding hydrogens is 376 g/mol. The molecule has 7 heteroatoms. The van der Waals surface area contributed by atoms with Gasteiger partial charge in [0.15, 0.2) is 0 Å². The molecule has 2 amide bonds. The van der Waals surface area contributed by atoms with Crippen molar-refractivity contribution in [2.45, 2.75) is 6.54 Å². The minimum absolute atomic E-state index is 0.240. The second-order valence-corrected chi connectivity index (χ2v) is 7.31. The first kappa shape index (κ1) is 18.2. The maximum absolute atomic E-state index is 12.4. The second kappa shape index (κ2) is 7.09. The molecule has 2 heterocycles. The monoisotopic (exact) mass is 394 g/mol. The Balaban J connectivity index is 1.75. The smallest absolute Gasteiger partial charge is 0.298 e. The van der Waals surface area contributed by atoms with Crippen LogP contribution in [-0.4, -0.2) is 29.9 Å². The summed E-state index contributed by atoms with van der Waals surface area (Å²) in [4.78, 5) is 26.0. The van der Waals surface area contributed by atoms with Crippen molar-refractivity contribution in [2.24, 2.45) is 0 Å². The third kappa shape index (κ3) is 2.93. The molecule has 0 saturated carbocycles. The molecule has 1 fully saturated rings. The normalized spacial score (nSPS) is 14.2. The van der Waals surface area contributed by atoms with Crippen molar-refractivity contribution >= 4 is 39.5 Å². The molecule has 1 aliphatic heterocycles. The Hall–Kier alpha value is -3.19. The van der Waals surface area contributed by atoms with E-state index in [-0.39, 0.29) is 16.1 Å². The fraction of sp³-hybridized carbons (Fsp3) is 0.143. The molecule has 0 radical (unpaired) electrons. The first-order valence-corrected chi connectivity index (χ1v) is 9.39. The lowest BCUT2D eigenvalue weighted by Gasteiger charge is -2.15. The van der Waals surface area contributed by atoms with Crippen LogP contribution in [0.25, 0.3) is 10.9 Å². The first-order valence-electron chi connectivity index (χ1n) is 8.57. The third-order valence-electron chi connectivity index (χ3n) is 4.70. The second-order valence-electron chi connectivity index (χ2n) is 6.26. The minimum Gasteiger partial charge on any atom is -0.497 e. The average Bonchev–Trinajstić information content (AvgIpc) is 3.22.